The Balaban J connectivity index is 2.03. The highest BCUT2D eigenvalue weighted by molar-refractivity contribution is 6.70. The third kappa shape index (κ3) is 5.00. The van der Waals surface area contributed by atoms with E-state index in [2.05, 4.69) is 25.0 Å². The highest BCUT2D eigenvalue weighted by Gasteiger charge is 2.64. The summed E-state index contributed by atoms with van der Waals surface area (Å²) >= 11 is 0. The van der Waals surface area contributed by atoms with Crippen molar-refractivity contribution in [2.24, 2.45) is 0 Å². The van der Waals surface area contributed by atoms with Gasteiger partial charge in [-0.3, -0.25) is 9.59 Å². The molecule has 8 nitrogen and oxygen atoms in total. The average molecular weight is 446 g/mol. The predicted octanol–water partition coefficient (Wildman–Crippen LogP) is 2.15. The smallest absolute Gasteiger partial charge is 0.220 e. The first-order valence-electron chi connectivity index (χ1n) is 10.3. The van der Waals surface area contributed by atoms with Gasteiger partial charge in [-0.1, -0.05) is 0 Å². The lowest BCUT2D eigenvalue weighted by Crippen LogP contribution is -2.65. The molecule has 3 aliphatic heterocycles. The maximum atomic E-state index is 13.4. The van der Waals surface area contributed by atoms with E-state index in [1.165, 1.54) is 0 Å². The number of carbonyl (C=O) groups excluding carboxylic acids is 2. The van der Waals surface area contributed by atoms with Gasteiger partial charge in [-0.15, -0.1) is 0 Å². The Hall–Kier alpha value is -0.626. The summed E-state index contributed by atoms with van der Waals surface area (Å²) in [6.45, 7) is 16.1. The number of Topliss-reactive ketones (excluding diaryl/α,β-unsaturated/α-hetero) is 1. The first-order chi connectivity index (χ1) is 13.1. The average Bonchev–Trinajstić information content (AvgIpc) is 2.94. The lowest BCUT2D eigenvalue weighted by Gasteiger charge is -2.44. The van der Waals surface area contributed by atoms with Crippen LogP contribution in [0.3, 0.4) is 0 Å². The second-order valence-electron chi connectivity index (χ2n) is 10.5. The van der Waals surface area contributed by atoms with Gasteiger partial charge in [0.25, 0.3) is 0 Å². The van der Waals surface area contributed by atoms with E-state index in [9.17, 15) is 9.59 Å². The lowest BCUT2D eigenvalue weighted by atomic mass is 9.86. The van der Waals surface area contributed by atoms with Crippen LogP contribution < -0.4 is 5.32 Å². The molecule has 0 bridgehead atoms. The second kappa shape index (κ2) is 7.50. The van der Waals surface area contributed by atoms with Crippen LogP contribution in [-0.4, -0.2) is 70.9 Å². The first-order valence-corrected chi connectivity index (χ1v) is 17.1. The molecule has 5 atom stereocenters. The van der Waals surface area contributed by atoms with Crippen LogP contribution >= 0.6 is 0 Å². The van der Waals surface area contributed by atoms with Crippen LogP contribution in [0.1, 0.15) is 26.7 Å². The third-order valence-corrected chi connectivity index (χ3v) is 6.98. The zero-order chi connectivity index (χ0) is 21.8. The van der Waals surface area contributed by atoms with Crippen LogP contribution in [0.2, 0.25) is 39.3 Å². The van der Waals surface area contributed by atoms with Gasteiger partial charge in [0.15, 0.2) is 40.1 Å². The molecule has 0 aliphatic carbocycles. The number of hydrogen-bond donors (Lipinski definition) is 1. The summed E-state index contributed by atoms with van der Waals surface area (Å²) in [5, 5.41) is 2.86. The number of carbonyl (C=O) groups is 2. The van der Waals surface area contributed by atoms with Gasteiger partial charge < -0.3 is 28.4 Å². The molecule has 3 fully saturated rings. The Bertz CT molecular complexity index is 672. The zero-order valence-corrected chi connectivity index (χ0v) is 20.8. The molecule has 0 aromatic carbocycles. The topological polar surface area (TPSA) is 92.3 Å². The second-order valence-corrected chi connectivity index (χ2v) is 19.4. The van der Waals surface area contributed by atoms with Crippen molar-refractivity contribution in [3.05, 3.63) is 0 Å². The molecule has 0 saturated carbocycles. The maximum Gasteiger partial charge on any atom is 0.220 e. The maximum absolute atomic E-state index is 13.4. The van der Waals surface area contributed by atoms with Crippen molar-refractivity contribution in [2.45, 2.75) is 102 Å². The molecule has 3 saturated heterocycles. The van der Waals surface area contributed by atoms with Gasteiger partial charge in [-0.05, 0) is 53.1 Å². The molecule has 0 aromatic heterocycles. The van der Waals surface area contributed by atoms with Gasteiger partial charge in [0.1, 0.15) is 18.3 Å². The van der Waals surface area contributed by atoms with E-state index in [0.717, 1.165) is 0 Å². The molecule has 3 heterocycles. The number of nitrogens with one attached hydrogen (secondary N) is 1. The Morgan fingerprint density at radius 2 is 1.66 bits per heavy atom. The fourth-order valence-corrected chi connectivity index (χ4v) is 6.67. The van der Waals surface area contributed by atoms with Crippen molar-refractivity contribution in [3.8, 4) is 0 Å². The molecule has 0 aromatic rings. The normalized spacial score (nSPS) is 37.9. The molecule has 10 heteroatoms. The predicted molar refractivity (Wildman–Crippen MR) is 111 cm³/mol. The van der Waals surface area contributed by atoms with Crippen molar-refractivity contribution in [2.75, 3.05) is 6.54 Å². The minimum Gasteiger partial charge on any atom is -0.409 e. The van der Waals surface area contributed by atoms with Crippen LogP contribution in [0.15, 0.2) is 0 Å². The van der Waals surface area contributed by atoms with Crippen molar-refractivity contribution >= 4 is 28.3 Å². The summed E-state index contributed by atoms with van der Waals surface area (Å²) in [6.07, 6.45) is -2.10. The Morgan fingerprint density at radius 1 is 1.00 bits per heavy atom. The highest BCUT2D eigenvalue weighted by Crippen LogP contribution is 2.45. The summed E-state index contributed by atoms with van der Waals surface area (Å²) < 4.78 is 31.4. The summed E-state index contributed by atoms with van der Waals surface area (Å²) in [4.78, 5) is 25.5. The van der Waals surface area contributed by atoms with Gasteiger partial charge in [0, 0.05) is 12.8 Å². The molecule has 1 amide bonds. The van der Waals surface area contributed by atoms with Gasteiger partial charge in [0.2, 0.25) is 5.91 Å². The van der Waals surface area contributed by atoms with Gasteiger partial charge in [0.05, 0.1) is 6.54 Å². The number of fused-ring (bicyclic) bond motifs is 1. The lowest BCUT2D eigenvalue weighted by molar-refractivity contribution is -0.233. The van der Waals surface area contributed by atoms with Gasteiger partial charge in [-0.2, -0.15) is 0 Å². The number of amides is 1. The monoisotopic (exact) mass is 445 g/mol. The fourth-order valence-electron chi connectivity index (χ4n) is 4.20. The van der Waals surface area contributed by atoms with Crippen LogP contribution in [0, 0.1) is 0 Å². The van der Waals surface area contributed by atoms with E-state index in [0.29, 0.717) is 0 Å². The molecule has 1 N–H and O–H groups in total. The van der Waals surface area contributed by atoms with Crippen LogP contribution in [0.4, 0.5) is 0 Å². The van der Waals surface area contributed by atoms with E-state index in [4.69, 9.17) is 23.1 Å². The van der Waals surface area contributed by atoms with Crippen molar-refractivity contribution < 1.29 is 32.7 Å². The quantitative estimate of drug-likeness (QED) is 0.648. The SMILES string of the molecule is CC1(C)O[C@H]2O[C@H]([C@@]3(O[Si](C)(C)C)CNC(=O)CCC3=O)[C@H](O[Si](C)(C)C)[C@H]2O1. The number of ketones is 1. The largest absolute Gasteiger partial charge is 0.409 e. The standard InChI is InChI=1S/C19H35NO7Si2/c1-18(2)24-15-14(26-28(3,4)5)16(23-17(15)25-18)19(27-29(6,7)8)11-20-13(22)10-9-12(19)21/h14-17H,9-11H2,1-8H3,(H,20,22)/t14-,15-,16+,17-,19-/m1/s1. The summed E-state index contributed by atoms with van der Waals surface area (Å²) in [6, 6.07) is 0. The molecular formula is C19H35NO7Si2. The van der Waals surface area contributed by atoms with Crippen LogP contribution in [0.25, 0.3) is 0 Å². The van der Waals surface area contributed by atoms with E-state index < -0.39 is 52.6 Å². The highest BCUT2D eigenvalue weighted by atomic mass is 28.4. The van der Waals surface area contributed by atoms with E-state index in [-0.39, 0.29) is 31.1 Å². The van der Waals surface area contributed by atoms with Crippen LogP contribution in [0.5, 0.6) is 0 Å². The van der Waals surface area contributed by atoms with Crippen molar-refractivity contribution in [3.63, 3.8) is 0 Å². The Morgan fingerprint density at radius 3 is 2.24 bits per heavy atom. The minimum atomic E-state index is -2.20. The summed E-state index contributed by atoms with van der Waals surface area (Å²) in [5.41, 5.74) is -1.32. The van der Waals surface area contributed by atoms with E-state index in [1.807, 2.05) is 33.5 Å². The van der Waals surface area contributed by atoms with E-state index in [1.54, 1.807) is 0 Å². The number of ether oxygens (including phenoxy) is 3. The number of rotatable bonds is 5. The summed E-state index contributed by atoms with van der Waals surface area (Å²) in [7, 11) is -4.23. The molecule has 0 radical (unpaired) electrons. The molecule has 0 unspecified atom stereocenters. The van der Waals surface area contributed by atoms with E-state index >= 15 is 0 Å². The third-order valence-electron chi connectivity index (χ3n) is 5.03. The van der Waals surface area contributed by atoms with Crippen molar-refractivity contribution in [1.82, 2.24) is 5.32 Å². The number of hydrogen-bond acceptors (Lipinski definition) is 7. The molecule has 0 spiro atoms. The molecule has 166 valence electrons. The molecule has 3 rings (SSSR count). The first kappa shape index (κ1) is 23.0. The summed E-state index contributed by atoms with van der Waals surface area (Å²) in [5.74, 6) is -1.09. The molecule has 3 aliphatic rings. The van der Waals surface area contributed by atoms with Gasteiger partial charge >= 0.3 is 0 Å². The molecular weight excluding hydrogens is 410 g/mol. The fraction of sp³-hybridized carbons (Fsp3) is 0.895. The molecule has 29 heavy (non-hydrogen) atoms. The van der Waals surface area contributed by atoms with Crippen molar-refractivity contribution in [1.29, 1.82) is 0 Å². The Labute approximate surface area is 175 Å². The van der Waals surface area contributed by atoms with Gasteiger partial charge in [-0.25, -0.2) is 0 Å². The Kier molecular flexibility index (Phi) is 5.96. The zero-order valence-electron chi connectivity index (χ0n) is 18.8. The minimum absolute atomic E-state index is 0.0635. The van der Waals surface area contributed by atoms with Crippen LogP contribution in [-0.2, 0) is 32.7 Å².